The summed E-state index contributed by atoms with van der Waals surface area (Å²) in [5, 5.41) is 14.6. The lowest BCUT2D eigenvalue weighted by Crippen LogP contribution is -2.48. The van der Waals surface area contributed by atoms with Gasteiger partial charge in [-0.3, -0.25) is 4.79 Å². The molecule has 0 spiro atoms. The predicted octanol–water partition coefficient (Wildman–Crippen LogP) is 1.68. The molecule has 18 heavy (non-hydrogen) atoms. The number of aliphatic carboxylic acids is 1. The molecule has 6 heteroatoms. The summed E-state index contributed by atoms with van der Waals surface area (Å²) in [6.45, 7) is 4.03. The van der Waals surface area contributed by atoms with Crippen LogP contribution in [0.3, 0.4) is 0 Å². The molecule has 1 fully saturated rings. The van der Waals surface area contributed by atoms with Crippen LogP contribution in [-0.4, -0.2) is 40.7 Å². The molecule has 1 aliphatic rings. The third-order valence-corrected chi connectivity index (χ3v) is 4.24. The van der Waals surface area contributed by atoms with Gasteiger partial charge in [0.15, 0.2) is 0 Å². The van der Waals surface area contributed by atoms with Gasteiger partial charge < -0.3 is 15.7 Å². The van der Waals surface area contributed by atoms with Gasteiger partial charge in [0.25, 0.3) is 0 Å². The molecule has 5 nitrogen and oxygen atoms in total. The number of urea groups is 1. The normalized spacial score (nSPS) is 24.6. The van der Waals surface area contributed by atoms with Gasteiger partial charge in [0.1, 0.15) is 0 Å². The molecule has 3 unspecified atom stereocenters. The van der Waals surface area contributed by atoms with E-state index in [1.165, 1.54) is 0 Å². The standard InChI is InChI=1S/C12H22N2O3S/c1-3-18-7-8(2)13-12(17)14-10-6-4-5-9(10)11(15)16/h8-10H,3-7H2,1-2H3,(H,15,16)(H2,13,14,17). The number of hydrogen-bond donors (Lipinski definition) is 3. The third kappa shape index (κ3) is 4.76. The van der Waals surface area contributed by atoms with E-state index in [1.54, 1.807) is 11.8 Å². The second-order valence-electron chi connectivity index (χ2n) is 4.66. The number of nitrogens with one attached hydrogen (secondary N) is 2. The van der Waals surface area contributed by atoms with Crippen LogP contribution in [0.15, 0.2) is 0 Å². The van der Waals surface area contributed by atoms with Crippen LogP contribution in [0, 0.1) is 5.92 Å². The van der Waals surface area contributed by atoms with Gasteiger partial charge in [0, 0.05) is 17.8 Å². The highest BCUT2D eigenvalue weighted by atomic mass is 32.2. The Morgan fingerprint density at radius 3 is 2.78 bits per heavy atom. The minimum Gasteiger partial charge on any atom is -0.481 e. The zero-order valence-corrected chi connectivity index (χ0v) is 11.8. The fourth-order valence-electron chi connectivity index (χ4n) is 2.20. The first-order valence-electron chi connectivity index (χ1n) is 6.42. The van der Waals surface area contributed by atoms with Crippen LogP contribution in [0.4, 0.5) is 4.79 Å². The van der Waals surface area contributed by atoms with E-state index in [-0.39, 0.29) is 18.1 Å². The summed E-state index contributed by atoms with van der Waals surface area (Å²) in [6.07, 6.45) is 2.27. The first-order valence-corrected chi connectivity index (χ1v) is 7.57. The molecule has 0 heterocycles. The minimum atomic E-state index is -0.813. The molecule has 2 amide bonds. The second-order valence-corrected chi connectivity index (χ2v) is 5.98. The van der Waals surface area contributed by atoms with Crippen LogP contribution in [0.1, 0.15) is 33.1 Å². The van der Waals surface area contributed by atoms with Crippen LogP contribution in [0.2, 0.25) is 0 Å². The van der Waals surface area contributed by atoms with E-state index in [4.69, 9.17) is 5.11 Å². The molecular weight excluding hydrogens is 252 g/mol. The van der Waals surface area contributed by atoms with Gasteiger partial charge in [0.2, 0.25) is 0 Å². The van der Waals surface area contributed by atoms with E-state index < -0.39 is 11.9 Å². The summed E-state index contributed by atoms with van der Waals surface area (Å²) < 4.78 is 0. The van der Waals surface area contributed by atoms with Crippen LogP contribution >= 0.6 is 11.8 Å². The molecule has 1 rings (SSSR count). The fraction of sp³-hybridized carbons (Fsp3) is 0.833. The maximum absolute atomic E-state index is 11.7. The molecule has 0 aliphatic heterocycles. The lowest BCUT2D eigenvalue weighted by atomic mass is 10.0. The topological polar surface area (TPSA) is 78.4 Å². The van der Waals surface area contributed by atoms with Crippen molar-refractivity contribution in [1.29, 1.82) is 0 Å². The van der Waals surface area contributed by atoms with Gasteiger partial charge in [-0.05, 0) is 25.5 Å². The molecule has 1 saturated carbocycles. The summed E-state index contributed by atoms with van der Waals surface area (Å²) in [7, 11) is 0. The van der Waals surface area contributed by atoms with Crippen LogP contribution in [0.5, 0.6) is 0 Å². The van der Waals surface area contributed by atoms with E-state index >= 15 is 0 Å². The maximum Gasteiger partial charge on any atom is 0.315 e. The lowest BCUT2D eigenvalue weighted by molar-refractivity contribution is -0.142. The fourth-order valence-corrected chi connectivity index (χ4v) is 2.87. The summed E-state index contributed by atoms with van der Waals surface area (Å²) in [6, 6.07) is -0.384. The Hall–Kier alpha value is -0.910. The second kappa shape index (κ2) is 7.51. The maximum atomic E-state index is 11.7. The Kier molecular flexibility index (Phi) is 6.32. The molecule has 0 saturated heterocycles. The number of hydrogen-bond acceptors (Lipinski definition) is 3. The van der Waals surface area contributed by atoms with Crippen molar-refractivity contribution in [1.82, 2.24) is 10.6 Å². The molecule has 0 radical (unpaired) electrons. The number of carbonyl (C=O) groups excluding carboxylic acids is 1. The Labute approximate surface area is 112 Å². The lowest BCUT2D eigenvalue weighted by Gasteiger charge is -2.20. The van der Waals surface area contributed by atoms with Gasteiger partial charge in [-0.1, -0.05) is 13.3 Å². The van der Waals surface area contributed by atoms with E-state index in [9.17, 15) is 9.59 Å². The number of carbonyl (C=O) groups is 2. The quantitative estimate of drug-likeness (QED) is 0.688. The SMILES string of the molecule is CCSCC(C)NC(=O)NC1CCCC1C(=O)O. The number of amides is 2. The molecule has 3 atom stereocenters. The Morgan fingerprint density at radius 2 is 2.17 bits per heavy atom. The zero-order valence-electron chi connectivity index (χ0n) is 10.9. The van der Waals surface area contributed by atoms with Crippen molar-refractivity contribution in [3.05, 3.63) is 0 Å². The van der Waals surface area contributed by atoms with E-state index in [2.05, 4.69) is 17.6 Å². The van der Waals surface area contributed by atoms with Crippen molar-refractivity contribution >= 4 is 23.8 Å². The highest BCUT2D eigenvalue weighted by Crippen LogP contribution is 2.25. The largest absolute Gasteiger partial charge is 0.481 e. The van der Waals surface area contributed by atoms with Gasteiger partial charge in [-0.15, -0.1) is 0 Å². The Bertz CT molecular complexity index is 299. The summed E-state index contributed by atoms with van der Waals surface area (Å²) in [5.41, 5.74) is 0. The van der Waals surface area contributed by atoms with Crippen molar-refractivity contribution in [3.8, 4) is 0 Å². The monoisotopic (exact) mass is 274 g/mol. The zero-order chi connectivity index (χ0) is 13.5. The molecular formula is C12H22N2O3S. The first kappa shape index (κ1) is 15.1. The van der Waals surface area contributed by atoms with Crippen molar-refractivity contribution in [2.45, 2.75) is 45.2 Å². The van der Waals surface area contributed by atoms with E-state index in [0.717, 1.165) is 24.3 Å². The average molecular weight is 274 g/mol. The molecule has 104 valence electrons. The number of carboxylic acids is 1. The first-order chi connectivity index (χ1) is 8.54. The molecule has 0 bridgehead atoms. The smallest absolute Gasteiger partial charge is 0.315 e. The van der Waals surface area contributed by atoms with Crippen molar-refractivity contribution < 1.29 is 14.7 Å². The van der Waals surface area contributed by atoms with Crippen molar-refractivity contribution in [2.75, 3.05) is 11.5 Å². The van der Waals surface area contributed by atoms with Crippen LogP contribution < -0.4 is 10.6 Å². The predicted molar refractivity (Wildman–Crippen MR) is 72.9 cm³/mol. The molecule has 0 aromatic heterocycles. The van der Waals surface area contributed by atoms with Gasteiger partial charge in [0.05, 0.1) is 5.92 Å². The number of thioether (sulfide) groups is 1. The Balaban J connectivity index is 2.33. The minimum absolute atomic E-state index is 0.0969. The summed E-state index contributed by atoms with van der Waals surface area (Å²) in [5.74, 6) is 0.650. The summed E-state index contributed by atoms with van der Waals surface area (Å²) in [4.78, 5) is 22.7. The molecule has 0 aromatic carbocycles. The van der Waals surface area contributed by atoms with Gasteiger partial charge >= 0.3 is 12.0 Å². The van der Waals surface area contributed by atoms with Crippen molar-refractivity contribution in [2.24, 2.45) is 5.92 Å². The van der Waals surface area contributed by atoms with E-state index in [0.29, 0.717) is 6.42 Å². The Morgan fingerprint density at radius 1 is 1.44 bits per heavy atom. The molecule has 1 aliphatic carbocycles. The van der Waals surface area contributed by atoms with E-state index in [1.807, 2.05) is 6.92 Å². The van der Waals surface area contributed by atoms with Gasteiger partial charge in [-0.25, -0.2) is 4.79 Å². The highest BCUT2D eigenvalue weighted by molar-refractivity contribution is 7.99. The number of rotatable bonds is 6. The number of carboxylic acid groups (broad SMARTS) is 1. The average Bonchev–Trinajstić information content (AvgIpc) is 2.74. The van der Waals surface area contributed by atoms with Crippen molar-refractivity contribution in [3.63, 3.8) is 0 Å². The van der Waals surface area contributed by atoms with Crippen LogP contribution in [-0.2, 0) is 4.79 Å². The highest BCUT2D eigenvalue weighted by Gasteiger charge is 2.33. The summed E-state index contributed by atoms with van der Waals surface area (Å²) >= 11 is 1.77. The van der Waals surface area contributed by atoms with Crippen LogP contribution in [0.25, 0.3) is 0 Å². The van der Waals surface area contributed by atoms with Gasteiger partial charge in [-0.2, -0.15) is 11.8 Å². The third-order valence-electron chi connectivity index (χ3n) is 3.10. The molecule has 3 N–H and O–H groups in total. The molecule has 0 aromatic rings.